The number of aromatic nitrogens is 2. The van der Waals surface area contributed by atoms with Gasteiger partial charge in [-0.25, -0.2) is 13.4 Å². The van der Waals surface area contributed by atoms with E-state index in [1.54, 1.807) is 0 Å². The van der Waals surface area contributed by atoms with Crippen LogP contribution in [0.2, 0.25) is 0 Å². The number of rotatable bonds is 7. The molecule has 1 aromatic carbocycles. The van der Waals surface area contributed by atoms with Gasteiger partial charge < -0.3 is 18.9 Å². The molecule has 0 radical (unpaired) electrons. The summed E-state index contributed by atoms with van der Waals surface area (Å²) in [5.41, 5.74) is 0.0501. The molecule has 0 N–H and O–H groups in total. The number of carbonyl (C=O) groups excluding carboxylic acids is 1. The van der Waals surface area contributed by atoms with Gasteiger partial charge in [-0.3, -0.25) is 4.79 Å². The number of carbonyl (C=O) groups is 1. The fourth-order valence-electron chi connectivity index (χ4n) is 3.27. The van der Waals surface area contributed by atoms with Crippen LogP contribution in [0, 0.1) is 0 Å². The second-order valence-corrected chi connectivity index (χ2v) is 9.04. The third kappa shape index (κ3) is 5.40. The molecule has 0 unspecified atom stereocenters. The molecule has 9 nitrogen and oxygen atoms in total. The topological polar surface area (TPSA) is 94.0 Å². The molecule has 2 aromatic rings. The lowest BCUT2D eigenvalue weighted by Gasteiger charge is -2.27. The molecule has 0 aliphatic carbocycles. The molecule has 1 fully saturated rings. The number of imidazole rings is 1. The number of halogens is 3. The third-order valence-corrected chi connectivity index (χ3v) is 6.79. The maximum Gasteiger partial charge on any atom is 0.406 e. The summed E-state index contributed by atoms with van der Waals surface area (Å²) in [6.45, 7) is -0.563. The van der Waals surface area contributed by atoms with Gasteiger partial charge in [-0.05, 0) is 18.2 Å². The molecule has 1 aromatic heterocycles. The summed E-state index contributed by atoms with van der Waals surface area (Å²) in [5, 5.41) is 0. The monoisotopic (exact) mass is 476 g/mol. The Morgan fingerprint density at radius 2 is 1.97 bits per heavy atom. The minimum Gasteiger partial charge on any atom is -0.495 e. The highest BCUT2D eigenvalue weighted by Crippen LogP contribution is 2.29. The zero-order chi connectivity index (χ0) is 23.5. The number of ether oxygens (including phenoxy) is 2. The van der Waals surface area contributed by atoms with Crippen LogP contribution in [0.4, 0.5) is 13.2 Å². The van der Waals surface area contributed by atoms with Gasteiger partial charge in [0.05, 0.1) is 26.9 Å². The molecular weight excluding hydrogens is 453 g/mol. The van der Waals surface area contributed by atoms with Crippen molar-refractivity contribution in [3.8, 4) is 5.75 Å². The lowest BCUT2D eigenvalue weighted by Crippen LogP contribution is -2.40. The van der Waals surface area contributed by atoms with Crippen LogP contribution in [-0.4, -0.2) is 79.7 Å². The molecule has 32 heavy (non-hydrogen) atoms. The average molecular weight is 476 g/mol. The van der Waals surface area contributed by atoms with E-state index in [1.165, 1.54) is 54.0 Å². The Kier molecular flexibility index (Phi) is 7.10. The van der Waals surface area contributed by atoms with Crippen molar-refractivity contribution >= 4 is 15.9 Å². The van der Waals surface area contributed by atoms with Crippen LogP contribution in [0.1, 0.15) is 16.2 Å². The van der Waals surface area contributed by atoms with Crippen LogP contribution in [0.5, 0.6) is 5.75 Å². The van der Waals surface area contributed by atoms with Gasteiger partial charge in [0.1, 0.15) is 23.0 Å². The molecule has 1 saturated heterocycles. The summed E-state index contributed by atoms with van der Waals surface area (Å²) in [6, 6.07) is 3.99. The van der Waals surface area contributed by atoms with Crippen molar-refractivity contribution in [1.29, 1.82) is 0 Å². The van der Waals surface area contributed by atoms with Crippen molar-refractivity contribution in [2.75, 3.05) is 40.5 Å². The molecule has 1 aliphatic heterocycles. The van der Waals surface area contributed by atoms with E-state index < -0.39 is 28.7 Å². The van der Waals surface area contributed by atoms with Crippen LogP contribution in [0.15, 0.2) is 35.5 Å². The highest BCUT2D eigenvalue weighted by molar-refractivity contribution is 7.89. The summed E-state index contributed by atoms with van der Waals surface area (Å²) in [4.78, 5) is 17.8. The van der Waals surface area contributed by atoms with Gasteiger partial charge in [-0.1, -0.05) is 0 Å². The van der Waals surface area contributed by atoms with E-state index in [4.69, 9.17) is 9.47 Å². The largest absolute Gasteiger partial charge is 0.495 e. The van der Waals surface area contributed by atoms with Gasteiger partial charge in [0.15, 0.2) is 0 Å². The zero-order valence-electron chi connectivity index (χ0n) is 17.5. The van der Waals surface area contributed by atoms with Crippen LogP contribution >= 0.6 is 0 Å². The molecule has 0 spiro atoms. The van der Waals surface area contributed by atoms with Crippen molar-refractivity contribution in [3.63, 3.8) is 0 Å². The zero-order valence-corrected chi connectivity index (χ0v) is 18.3. The lowest BCUT2D eigenvalue weighted by molar-refractivity contribution is -0.141. The number of nitrogens with zero attached hydrogens (tertiary/aromatic N) is 4. The summed E-state index contributed by atoms with van der Waals surface area (Å²) in [5.74, 6) is -0.447. The van der Waals surface area contributed by atoms with E-state index >= 15 is 0 Å². The summed E-state index contributed by atoms with van der Waals surface area (Å²) in [6.07, 6.45) is -2.03. The molecule has 176 valence electrons. The van der Waals surface area contributed by atoms with E-state index in [0.717, 1.165) is 4.57 Å². The van der Waals surface area contributed by atoms with Crippen LogP contribution < -0.4 is 4.74 Å². The van der Waals surface area contributed by atoms with Gasteiger partial charge in [0.2, 0.25) is 10.0 Å². The maximum atomic E-state index is 13.1. The molecule has 0 bridgehead atoms. The Morgan fingerprint density at radius 1 is 1.28 bits per heavy atom. The average Bonchev–Trinajstić information content (AvgIpc) is 3.18. The number of amides is 1. The normalized spacial score (nSPS) is 15.5. The van der Waals surface area contributed by atoms with Gasteiger partial charge in [0, 0.05) is 38.1 Å². The van der Waals surface area contributed by atoms with E-state index in [9.17, 15) is 26.4 Å². The minimum atomic E-state index is -4.43. The number of sulfonamides is 1. The second kappa shape index (κ2) is 9.46. The first-order valence-electron chi connectivity index (χ1n) is 9.61. The number of methoxy groups -OCH3 is 1. The fraction of sp³-hybridized carbons (Fsp3) is 0.474. The van der Waals surface area contributed by atoms with Gasteiger partial charge in [-0.15, -0.1) is 0 Å². The van der Waals surface area contributed by atoms with Crippen LogP contribution in [0.3, 0.4) is 0 Å². The molecule has 13 heteroatoms. The minimum absolute atomic E-state index is 0.0489. The van der Waals surface area contributed by atoms with Gasteiger partial charge in [0.25, 0.3) is 5.91 Å². The maximum absolute atomic E-state index is 13.1. The Morgan fingerprint density at radius 3 is 2.59 bits per heavy atom. The van der Waals surface area contributed by atoms with Crippen molar-refractivity contribution < 1.29 is 35.9 Å². The van der Waals surface area contributed by atoms with E-state index in [0.29, 0.717) is 0 Å². The van der Waals surface area contributed by atoms with Crippen LogP contribution in [0.25, 0.3) is 0 Å². The van der Waals surface area contributed by atoms with Crippen LogP contribution in [-0.2, 0) is 27.8 Å². The Hall–Kier alpha value is -2.64. The summed E-state index contributed by atoms with van der Waals surface area (Å²) in [7, 11) is -1.23. The van der Waals surface area contributed by atoms with E-state index in [1.807, 2.05) is 0 Å². The lowest BCUT2D eigenvalue weighted by atomic mass is 10.2. The molecule has 0 saturated carbocycles. The smallest absolute Gasteiger partial charge is 0.406 e. The molecule has 2 heterocycles. The van der Waals surface area contributed by atoms with E-state index in [-0.39, 0.29) is 54.9 Å². The Balaban J connectivity index is 1.84. The molecule has 1 aliphatic rings. The molecule has 0 atom stereocenters. The molecule has 1 amide bonds. The van der Waals surface area contributed by atoms with E-state index in [2.05, 4.69) is 4.98 Å². The second-order valence-electron chi connectivity index (χ2n) is 7.13. The number of morpholine rings is 1. The van der Waals surface area contributed by atoms with Crippen molar-refractivity contribution in [1.82, 2.24) is 18.8 Å². The highest BCUT2D eigenvalue weighted by Gasteiger charge is 2.31. The summed E-state index contributed by atoms with van der Waals surface area (Å²) >= 11 is 0. The van der Waals surface area contributed by atoms with Crippen molar-refractivity contribution in [3.05, 3.63) is 42.0 Å². The highest BCUT2D eigenvalue weighted by atomic mass is 32.2. The number of hydrogen-bond donors (Lipinski definition) is 0. The quantitative estimate of drug-likeness (QED) is 0.605. The van der Waals surface area contributed by atoms with Gasteiger partial charge >= 0.3 is 6.18 Å². The number of hydrogen-bond acceptors (Lipinski definition) is 6. The molecule has 3 rings (SSSR count). The number of benzene rings is 1. The molecular formula is C19H23F3N4O5S. The first-order valence-corrected chi connectivity index (χ1v) is 11.0. The van der Waals surface area contributed by atoms with Crippen molar-refractivity contribution in [2.24, 2.45) is 0 Å². The third-order valence-electron chi connectivity index (χ3n) is 4.88. The summed E-state index contributed by atoms with van der Waals surface area (Å²) < 4.78 is 76.9. The van der Waals surface area contributed by atoms with Crippen molar-refractivity contribution in [2.45, 2.75) is 24.2 Å². The fourth-order valence-corrected chi connectivity index (χ4v) is 4.86. The Bertz CT molecular complexity index is 1070. The SMILES string of the molecule is COc1ccc(C(=O)N(C)Cc2nccn2CC(F)(F)F)cc1S(=O)(=O)N1CCOCC1. The number of alkyl halides is 3. The standard InChI is InChI=1S/C19H23F3N4O5S/c1-24(12-17-23-5-6-25(17)13-19(20,21)22)18(27)14-3-4-15(30-2)16(11-14)32(28,29)26-7-9-31-10-8-26/h3-6,11H,7-10,12-13H2,1-2H3. The Labute approximate surface area is 183 Å². The van der Waals surface area contributed by atoms with Gasteiger partial charge in [-0.2, -0.15) is 17.5 Å². The first-order chi connectivity index (χ1) is 15.0. The first kappa shape index (κ1) is 24.0. The predicted molar refractivity (Wildman–Crippen MR) is 107 cm³/mol. The predicted octanol–water partition coefficient (Wildman–Crippen LogP) is 1.75.